The summed E-state index contributed by atoms with van der Waals surface area (Å²) in [7, 11) is 0. The first-order chi connectivity index (χ1) is 11.5. The third-order valence-electron chi connectivity index (χ3n) is 3.26. The van der Waals surface area contributed by atoms with Crippen molar-refractivity contribution in [3.05, 3.63) is 63.5 Å². The molecule has 5 nitrogen and oxygen atoms in total. The summed E-state index contributed by atoms with van der Waals surface area (Å²) in [5, 5.41) is 0.807. The van der Waals surface area contributed by atoms with Crippen molar-refractivity contribution in [3.63, 3.8) is 0 Å². The Bertz CT molecular complexity index is 940. The van der Waals surface area contributed by atoms with Gasteiger partial charge in [0.25, 0.3) is 11.8 Å². The van der Waals surface area contributed by atoms with Crippen LogP contribution in [0.2, 0.25) is 5.02 Å². The monoisotopic (exact) mass is 363 g/mol. The predicted octanol–water partition coefficient (Wildman–Crippen LogP) is 3.47. The second-order valence-electron chi connectivity index (χ2n) is 4.98. The molecule has 0 unspecified atom stereocenters. The molecule has 0 bridgehead atoms. The fourth-order valence-corrected chi connectivity index (χ4v) is 3.47. The first-order valence-corrected chi connectivity index (χ1v) is 8.06. The number of nitrogens with zero attached hydrogens (tertiary/aromatic N) is 1. The highest BCUT2D eigenvalue weighted by molar-refractivity contribution is 7.21. The molecular weight excluding hydrogens is 353 g/mol. The molecule has 0 atom stereocenters. The third-order valence-corrected chi connectivity index (χ3v) is 4.92. The predicted molar refractivity (Wildman–Crippen MR) is 90.7 cm³/mol. The zero-order chi connectivity index (χ0) is 17.3. The molecule has 1 aromatic carbocycles. The van der Waals surface area contributed by atoms with Crippen LogP contribution in [0.15, 0.2) is 36.5 Å². The number of fused-ring (bicyclic) bond motifs is 1. The Morgan fingerprint density at radius 1 is 1.17 bits per heavy atom. The second-order valence-corrected chi connectivity index (χ2v) is 6.41. The number of pyridine rings is 1. The van der Waals surface area contributed by atoms with Gasteiger partial charge in [0.15, 0.2) is 0 Å². The van der Waals surface area contributed by atoms with E-state index >= 15 is 0 Å². The van der Waals surface area contributed by atoms with Crippen LogP contribution in [-0.2, 0) is 0 Å². The number of hydrogen-bond donors (Lipinski definition) is 2. The number of halogens is 2. The molecule has 3 aromatic rings. The second kappa shape index (κ2) is 6.54. The molecule has 0 aliphatic carbocycles. The summed E-state index contributed by atoms with van der Waals surface area (Å²) in [5.74, 6) is -1.48. The highest BCUT2D eigenvalue weighted by Crippen LogP contribution is 2.35. The molecule has 2 amide bonds. The minimum absolute atomic E-state index is 0.194. The normalized spacial score (nSPS) is 10.6. The molecule has 0 radical (unpaired) electrons. The van der Waals surface area contributed by atoms with Crippen molar-refractivity contribution in [3.8, 4) is 0 Å². The number of carbonyl (C=O) groups is 2. The van der Waals surface area contributed by atoms with Crippen LogP contribution in [0.5, 0.6) is 0 Å². The van der Waals surface area contributed by atoms with Gasteiger partial charge in [0.1, 0.15) is 10.7 Å². The minimum atomic E-state index is -0.574. The lowest BCUT2D eigenvalue weighted by atomic mass is 10.2. The maximum Gasteiger partial charge on any atom is 0.281 e. The molecule has 0 spiro atoms. The molecule has 2 heterocycles. The van der Waals surface area contributed by atoms with Gasteiger partial charge >= 0.3 is 0 Å². The van der Waals surface area contributed by atoms with Crippen LogP contribution in [0.25, 0.3) is 10.1 Å². The number of benzene rings is 1. The van der Waals surface area contributed by atoms with Crippen molar-refractivity contribution in [1.29, 1.82) is 0 Å². The van der Waals surface area contributed by atoms with Crippen LogP contribution < -0.4 is 10.9 Å². The highest BCUT2D eigenvalue weighted by atomic mass is 35.5. The molecule has 2 N–H and O–H groups in total. The molecule has 0 fully saturated rings. The molecule has 122 valence electrons. The van der Waals surface area contributed by atoms with E-state index in [0.717, 1.165) is 17.0 Å². The smallest absolute Gasteiger partial charge is 0.267 e. The van der Waals surface area contributed by atoms with Crippen molar-refractivity contribution < 1.29 is 14.0 Å². The van der Waals surface area contributed by atoms with Crippen molar-refractivity contribution >= 4 is 44.8 Å². The largest absolute Gasteiger partial charge is 0.281 e. The van der Waals surface area contributed by atoms with Gasteiger partial charge in [0, 0.05) is 22.0 Å². The third kappa shape index (κ3) is 3.22. The molecule has 3 rings (SSSR count). The van der Waals surface area contributed by atoms with Crippen LogP contribution in [0, 0.1) is 12.7 Å². The molecular formula is C16H11ClFN3O2S. The van der Waals surface area contributed by atoms with Gasteiger partial charge in [-0.15, -0.1) is 11.3 Å². The summed E-state index contributed by atoms with van der Waals surface area (Å²) in [6, 6.07) is 7.37. The summed E-state index contributed by atoms with van der Waals surface area (Å²) in [6.07, 6.45) is 1.41. The summed E-state index contributed by atoms with van der Waals surface area (Å²) >= 11 is 7.21. The van der Waals surface area contributed by atoms with E-state index in [1.807, 2.05) is 0 Å². The maximum atomic E-state index is 13.2. The van der Waals surface area contributed by atoms with Crippen LogP contribution in [0.4, 0.5) is 4.39 Å². The number of rotatable bonds is 2. The van der Waals surface area contributed by atoms with Crippen molar-refractivity contribution in [2.75, 3.05) is 0 Å². The Morgan fingerprint density at radius 3 is 2.62 bits per heavy atom. The number of hydrazine groups is 1. The quantitative estimate of drug-likeness (QED) is 0.685. The lowest BCUT2D eigenvalue weighted by molar-refractivity contribution is 0.0849. The average molecular weight is 364 g/mol. The average Bonchev–Trinajstić information content (AvgIpc) is 2.89. The molecule has 24 heavy (non-hydrogen) atoms. The lowest BCUT2D eigenvalue weighted by Gasteiger charge is -2.06. The number of carbonyl (C=O) groups excluding carboxylic acids is 2. The van der Waals surface area contributed by atoms with E-state index in [0.29, 0.717) is 15.6 Å². The van der Waals surface area contributed by atoms with E-state index < -0.39 is 17.6 Å². The minimum Gasteiger partial charge on any atom is -0.267 e. The number of aryl methyl sites for hydroxylation is 1. The van der Waals surface area contributed by atoms with E-state index in [1.54, 1.807) is 19.1 Å². The van der Waals surface area contributed by atoms with Gasteiger partial charge in [-0.05, 0) is 37.3 Å². The molecule has 8 heteroatoms. The van der Waals surface area contributed by atoms with Crippen molar-refractivity contribution in [2.24, 2.45) is 0 Å². The molecule has 2 aromatic heterocycles. The standard InChI is InChI=1S/C16H11ClFN3O2S/c1-8-2-3-9(7-19-8)15(22)20-21-16(23)14-13(17)11-5-4-10(18)6-12(11)24-14/h2-7H,1H3,(H,20,22)(H,21,23). The van der Waals surface area contributed by atoms with Gasteiger partial charge in [0.2, 0.25) is 0 Å². The maximum absolute atomic E-state index is 13.2. The Balaban J connectivity index is 1.74. The summed E-state index contributed by atoms with van der Waals surface area (Å²) in [6.45, 7) is 1.80. The number of nitrogens with one attached hydrogen (secondary N) is 2. The zero-order valence-corrected chi connectivity index (χ0v) is 14.0. The van der Waals surface area contributed by atoms with Gasteiger partial charge < -0.3 is 0 Å². The number of hydrogen-bond acceptors (Lipinski definition) is 4. The van der Waals surface area contributed by atoms with E-state index in [-0.39, 0.29) is 9.90 Å². The Kier molecular flexibility index (Phi) is 4.46. The van der Waals surface area contributed by atoms with E-state index in [2.05, 4.69) is 15.8 Å². The molecule has 0 aliphatic rings. The summed E-state index contributed by atoms with van der Waals surface area (Å²) in [5.41, 5.74) is 5.68. The topological polar surface area (TPSA) is 71.1 Å². The van der Waals surface area contributed by atoms with Crippen molar-refractivity contribution in [2.45, 2.75) is 6.92 Å². The van der Waals surface area contributed by atoms with Crippen LogP contribution in [0.1, 0.15) is 25.7 Å². The molecule has 0 saturated carbocycles. The summed E-state index contributed by atoms with van der Waals surface area (Å²) in [4.78, 5) is 28.4. The van der Waals surface area contributed by atoms with E-state index in [1.165, 1.54) is 24.4 Å². The number of aromatic nitrogens is 1. The Hall–Kier alpha value is -2.51. The highest BCUT2D eigenvalue weighted by Gasteiger charge is 2.18. The number of amides is 2. The molecule has 0 saturated heterocycles. The summed E-state index contributed by atoms with van der Waals surface area (Å²) < 4.78 is 13.8. The first-order valence-electron chi connectivity index (χ1n) is 6.86. The van der Waals surface area contributed by atoms with E-state index in [4.69, 9.17) is 11.6 Å². The fraction of sp³-hybridized carbons (Fsp3) is 0.0625. The Labute approximate surface area is 145 Å². The molecule has 0 aliphatic heterocycles. The first kappa shape index (κ1) is 16.4. The van der Waals surface area contributed by atoms with Gasteiger partial charge in [-0.2, -0.15) is 0 Å². The van der Waals surface area contributed by atoms with Crippen LogP contribution in [0.3, 0.4) is 0 Å². The van der Waals surface area contributed by atoms with Gasteiger partial charge in [-0.25, -0.2) is 4.39 Å². The van der Waals surface area contributed by atoms with Gasteiger partial charge in [0.05, 0.1) is 10.6 Å². The zero-order valence-electron chi connectivity index (χ0n) is 12.4. The van der Waals surface area contributed by atoms with E-state index in [9.17, 15) is 14.0 Å². The van der Waals surface area contributed by atoms with Gasteiger partial charge in [-0.1, -0.05) is 11.6 Å². The number of thiophene rings is 1. The Morgan fingerprint density at radius 2 is 1.92 bits per heavy atom. The SMILES string of the molecule is Cc1ccc(C(=O)NNC(=O)c2sc3cc(F)ccc3c2Cl)cn1. The van der Waals surface area contributed by atoms with Crippen LogP contribution >= 0.6 is 22.9 Å². The lowest BCUT2D eigenvalue weighted by Crippen LogP contribution is -2.41. The fourth-order valence-electron chi connectivity index (χ4n) is 2.03. The van der Waals surface area contributed by atoms with Gasteiger partial charge in [-0.3, -0.25) is 25.4 Å². The van der Waals surface area contributed by atoms with Crippen molar-refractivity contribution in [1.82, 2.24) is 15.8 Å². The van der Waals surface area contributed by atoms with Crippen LogP contribution in [-0.4, -0.2) is 16.8 Å².